The maximum absolute atomic E-state index is 12.6. The van der Waals surface area contributed by atoms with Gasteiger partial charge in [-0.25, -0.2) is 0 Å². The topological polar surface area (TPSA) is 38.1 Å². The lowest BCUT2D eigenvalue weighted by molar-refractivity contribution is 0.0791. The minimum absolute atomic E-state index is 0.142. The summed E-state index contributed by atoms with van der Waals surface area (Å²) in [6.07, 6.45) is 4.79. The lowest BCUT2D eigenvalue weighted by Crippen LogP contribution is -2.28. The largest absolute Gasteiger partial charge is 0.339 e. The summed E-state index contributed by atoms with van der Waals surface area (Å²) in [6, 6.07) is 10.2. The molecule has 4 heteroatoms. The molecule has 0 unspecified atom stereocenters. The maximum Gasteiger partial charge on any atom is 0.257 e. The van der Waals surface area contributed by atoms with Crippen molar-refractivity contribution in [3.63, 3.8) is 0 Å². The van der Waals surface area contributed by atoms with E-state index in [-0.39, 0.29) is 5.91 Å². The molecule has 0 atom stereocenters. The van der Waals surface area contributed by atoms with Crippen molar-refractivity contribution in [2.45, 2.75) is 32.7 Å². The third kappa shape index (κ3) is 2.84. The van der Waals surface area contributed by atoms with Crippen LogP contribution in [0, 0.1) is 0 Å². The second kappa shape index (κ2) is 6.12. The molecule has 1 aliphatic rings. The van der Waals surface area contributed by atoms with Gasteiger partial charge in [0.15, 0.2) is 0 Å². The van der Waals surface area contributed by atoms with Gasteiger partial charge in [0.25, 0.3) is 5.91 Å². The van der Waals surface area contributed by atoms with Crippen LogP contribution in [-0.4, -0.2) is 33.7 Å². The molecule has 4 nitrogen and oxygen atoms in total. The number of aromatic nitrogens is 2. The van der Waals surface area contributed by atoms with Gasteiger partial charge in [-0.15, -0.1) is 0 Å². The van der Waals surface area contributed by atoms with Gasteiger partial charge in [0, 0.05) is 13.1 Å². The maximum atomic E-state index is 12.6. The molecule has 1 saturated heterocycles. The van der Waals surface area contributed by atoms with Crippen LogP contribution >= 0.6 is 0 Å². The van der Waals surface area contributed by atoms with E-state index in [1.165, 1.54) is 5.56 Å². The van der Waals surface area contributed by atoms with Gasteiger partial charge in [-0.05, 0) is 24.8 Å². The molecule has 1 amide bonds. The Labute approximate surface area is 125 Å². The number of carbonyl (C=O) groups is 1. The highest BCUT2D eigenvalue weighted by Crippen LogP contribution is 2.17. The summed E-state index contributed by atoms with van der Waals surface area (Å²) in [4.78, 5) is 14.5. The standard InChI is InChI=1S/C17H21N3O/c1-2-16-15(17(21)19-10-6-7-11-19)12-18-20(16)13-14-8-4-3-5-9-14/h3-5,8-9,12H,2,6-7,10-11,13H2,1H3. The fraction of sp³-hybridized carbons (Fsp3) is 0.412. The Morgan fingerprint density at radius 3 is 2.57 bits per heavy atom. The zero-order chi connectivity index (χ0) is 14.7. The molecule has 2 aromatic rings. The Morgan fingerprint density at radius 2 is 1.90 bits per heavy atom. The van der Waals surface area contributed by atoms with Gasteiger partial charge in [-0.3, -0.25) is 9.48 Å². The Balaban J connectivity index is 1.84. The first-order valence-corrected chi connectivity index (χ1v) is 7.67. The van der Waals surface area contributed by atoms with Gasteiger partial charge < -0.3 is 4.90 Å². The minimum atomic E-state index is 0.142. The third-order valence-electron chi connectivity index (χ3n) is 4.08. The van der Waals surface area contributed by atoms with Crippen LogP contribution in [0.1, 0.15) is 41.4 Å². The summed E-state index contributed by atoms with van der Waals surface area (Å²) in [5.74, 6) is 0.142. The van der Waals surface area contributed by atoms with Crippen LogP contribution in [0.3, 0.4) is 0 Å². The molecular weight excluding hydrogens is 262 g/mol. The van der Waals surface area contributed by atoms with Gasteiger partial charge in [0.1, 0.15) is 0 Å². The van der Waals surface area contributed by atoms with Crippen LogP contribution in [-0.2, 0) is 13.0 Å². The number of hydrogen-bond donors (Lipinski definition) is 0. The summed E-state index contributed by atoms with van der Waals surface area (Å²) in [5.41, 5.74) is 3.02. The van der Waals surface area contributed by atoms with E-state index in [1.807, 2.05) is 27.8 Å². The molecule has 0 bridgehead atoms. The molecule has 110 valence electrons. The first-order chi connectivity index (χ1) is 10.3. The van der Waals surface area contributed by atoms with Gasteiger partial charge in [0.05, 0.1) is 24.0 Å². The summed E-state index contributed by atoms with van der Waals surface area (Å²) in [7, 11) is 0. The van der Waals surface area contributed by atoms with E-state index in [1.54, 1.807) is 6.20 Å². The Kier molecular flexibility index (Phi) is 4.04. The van der Waals surface area contributed by atoms with Crippen LogP contribution in [0.4, 0.5) is 0 Å². The fourth-order valence-corrected chi connectivity index (χ4v) is 2.95. The quantitative estimate of drug-likeness (QED) is 0.865. The highest BCUT2D eigenvalue weighted by molar-refractivity contribution is 5.95. The second-order valence-corrected chi connectivity index (χ2v) is 5.50. The average Bonchev–Trinajstić information content (AvgIpc) is 3.17. The summed E-state index contributed by atoms with van der Waals surface area (Å²) in [5, 5.41) is 4.44. The number of hydrogen-bond acceptors (Lipinski definition) is 2. The molecule has 0 saturated carbocycles. The van der Waals surface area contributed by atoms with Crippen molar-refractivity contribution in [3.05, 3.63) is 53.3 Å². The number of amides is 1. The van der Waals surface area contributed by atoms with E-state index in [9.17, 15) is 4.79 Å². The van der Waals surface area contributed by atoms with Crippen molar-refractivity contribution in [2.24, 2.45) is 0 Å². The molecule has 21 heavy (non-hydrogen) atoms. The predicted octanol–water partition coefficient (Wildman–Crippen LogP) is 2.73. The SMILES string of the molecule is CCc1c(C(=O)N2CCCC2)cnn1Cc1ccccc1. The van der Waals surface area contributed by atoms with E-state index >= 15 is 0 Å². The fourth-order valence-electron chi connectivity index (χ4n) is 2.95. The number of benzene rings is 1. The third-order valence-corrected chi connectivity index (χ3v) is 4.08. The van der Waals surface area contributed by atoms with E-state index < -0.39 is 0 Å². The Morgan fingerprint density at radius 1 is 1.19 bits per heavy atom. The van der Waals surface area contributed by atoms with Crippen molar-refractivity contribution in [2.75, 3.05) is 13.1 Å². The lowest BCUT2D eigenvalue weighted by atomic mass is 10.1. The Hall–Kier alpha value is -2.10. The molecule has 1 aliphatic heterocycles. The summed E-state index contributed by atoms with van der Waals surface area (Å²) in [6.45, 7) is 4.56. The van der Waals surface area contributed by atoms with Gasteiger partial charge in [-0.2, -0.15) is 5.10 Å². The van der Waals surface area contributed by atoms with Crippen molar-refractivity contribution < 1.29 is 4.79 Å². The molecule has 1 aromatic carbocycles. The molecule has 0 radical (unpaired) electrons. The van der Waals surface area contributed by atoms with E-state index in [2.05, 4.69) is 24.2 Å². The monoisotopic (exact) mass is 283 g/mol. The van der Waals surface area contributed by atoms with Crippen LogP contribution < -0.4 is 0 Å². The average molecular weight is 283 g/mol. The van der Waals surface area contributed by atoms with Crippen LogP contribution in [0.25, 0.3) is 0 Å². The van der Waals surface area contributed by atoms with Crippen LogP contribution in [0.5, 0.6) is 0 Å². The first-order valence-electron chi connectivity index (χ1n) is 7.67. The molecule has 3 rings (SSSR count). The molecule has 1 aromatic heterocycles. The predicted molar refractivity (Wildman–Crippen MR) is 82.3 cm³/mol. The van der Waals surface area contributed by atoms with Crippen molar-refractivity contribution in [3.8, 4) is 0 Å². The van der Waals surface area contributed by atoms with Crippen molar-refractivity contribution >= 4 is 5.91 Å². The van der Waals surface area contributed by atoms with Crippen LogP contribution in [0.2, 0.25) is 0 Å². The number of rotatable bonds is 4. The zero-order valence-electron chi connectivity index (χ0n) is 12.5. The van der Waals surface area contributed by atoms with Gasteiger partial charge >= 0.3 is 0 Å². The molecule has 0 aliphatic carbocycles. The molecule has 0 N–H and O–H groups in total. The molecule has 2 heterocycles. The molecule has 1 fully saturated rings. The van der Waals surface area contributed by atoms with Gasteiger partial charge in [-0.1, -0.05) is 37.3 Å². The Bertz CT molecular complexity index is 612. The zero-order valence-corrected chi connectivity index (χ0v) is 12.5. The number of likely N-dealkylation sites (tertiary alicyclic amines) is 1. The lowest BCUT2D eigenvalue weighted by Gasteiger charge is -2.15. The number of carbonyl (C=O) groups excluding carboxylic acids is 1. The smallest absolute Gasteiger partial charge is 0.257 e. The van der Waals surface area contributed by atoms with E-state index in [4.69, 9.17) is 0 Å². The van der Waals surface area contributed by atoms with Crippen molar-refractivity contribution in [1.82, 2.24) is 14.7 Å². The van der Waals surface area contributed by atoms with E-state index in [0.717, 1.165) is 50.2 Å². The highest BCUT2D eigenvalue weighted by atomic mass is 16.2. The summed E-state index contributed by atoms with van der Waals surface area (Å²) >= 11 is 0. The van der Waals surface area contributed by atoms with E-state index in [0.29, 0.717) is 0 Å². The minimum Gasteiger partial charge on any atom is -0.339 e. The first kappa shape index (κ1) is 13.9. The highest BCUT2D eigenvalue weighted by Gasteiger charge is 2.24. The molecule has 0 spiro atoms. The second-order valence-electron chi connectivity index (χ2n) is 5.50. The summed E-state index contributed by atoms with van der Waals surface area (Å²) < 4.78 is 1.96. The normalized spacial score (nSPS) is 14.6. The van der Waals surface area contributed by atoms with Gasteiger partial charge in [0.2, 0.25) is 0 Å². The van der Waals surface area contributed by atoms with Crippen molar-refractivity contribution in [1.29, 1.82) is 0 Å². The number of nitrogens with zero attached hydrogens (tertiary/aromatic N) is 3. The molecular formula is C17H21N3O. The van der Waals surface area contributed by atoms with Crippen LogP contribution in [0.15, 0.2) is 36.5 Å².